The predicted molar refractivity (Wildman–Crippen MR) is 56.8 cm³/mol. The fraction of sp³-hybridized carbons (Fsp3) is 0.714. The molecule has 0 aliphatic carbocycles. The molecule has 0 aromatic carbocycles. The first-order valence-corrected chi connectivity index (χ1v) is 7.09. The molecule has 1 fully saturated rings. The highest BCUT2D eigenvalue weighted by Crippen LogP contribution is 2.15. The zero-order chi connectivity index (χ0) is 10.6. The zero-order valence-corrected chi connectivity index (χ0v) is 9.36. The van der Waals surface area contributed by atoms with Crippen LogP contribution in [0, 0.1) is 11.5 Å². The molecule has 1 rings (SSSR count). The minimum absolute atomic E-state index is 0.101. The lowest BCUT2D eigenvalue weighted by molar-refractivity contribution is 0.601. The summed E-state index contributed by atoms with van der Waals surface area (Å²) in [6, 6.07) is -0.191. The van der Waals surface area contributed by atoms with E-state index in [2.05, 4.69) is 10.3 Å². The molecule has 78 valence electrons. The van der Waals surface area contributed by atoms with Gasteiger partial charge < -0.3 is 0 Å². The van der Waals surface area contributed by atoms with Gasteiger partial charge in [-0.05, 0) is 12.7 Å². The van der Waals surface area contributed by atoms with Crippen LogP contribution in [0.2, 0.25) is 0 Å². The van der Waals surface area contributed by atoms with E-state index < -0.39 is 9.84 Å². The van der Waals surface area contributed by atoms with E-state index in [1.807, 2.05) is 0 Å². The molecule has 0 spiro atoms. The third-order valence-corrected chi connectivity index (χ3v) is 4.21. The van der Waals surface area contributed by atoms with Crippen LogP contribution < -0.4 is 5.32 Å². The van der Waals surface area contributed by atoms with E-state index in [0.717, 1.165) is 0 Å². The Kier molecular flexibility index (Phi) is 3.77. The van der Waals surface area contributed by atoms with Gasteiger partial charge in [0.25, 0.3) is 0 Å². The maximum absolute atomic E-state index is 11.1. The summed E-state index contributed by atoms with van der Waals surface area (Å²) in [5, 5.41) is 11.3. The Balaban J connectivity index is 2.64. The van der Waals surface area contributed by atoms with Crippen molar-refractivity contribution in [1.29, 1.82) is 5.26 Å². The lowest BCUT2D eigenvalue weighted by Gasteiger charge is -2.03. The van der Waals surface area contributed by atoms with Gasteiger partial charge in [-0.3, -0.25) is 10.3 Å². The van der Waals surface area contributed by atoms with E-state index in [-0.39, 0.29) is 17.5 Å². The van der Waals surface area contributed by atoms with Crippen molar-refractivity contribution in [1.82, 2.24) is 5.32 Å². The number of rotatable bonds is 1. The van der Waals surface area contributed by atoms with E-state index >= 15 is 0 Å². The molecule has 1 atom stereocenters. The number of nitriles is 1. The molecule has 0 radical (unpaired) electrons. The molecule has 1 unspecified atom stereocenters. The molecule has 7 heteroatoms. The summed E-state index contributed by atoms with van der Waals surface area (Å²) >= 11 is 1.30. The predicted octanol–water partition coefficient (Wildman–Crippen LogP) is -0.0368. The number of nitrogens with one attached hydrogen (secondary N) is 1. The molecule has 0 amide bonds. The third kappa shape index (κ3) is 3.20. The van der Waals surface area contributed by atoms with Crippen LogP contribution in [0.4, 0.5) is 0 Å². The fourth-order valence-corrected chi connectivity index (χ4v) is 3.25. The van der Waals surface area contributed by atoms with Crippen molar-refractivity contribution >= 4 is 26.8 Å². The third-order valence-electron chi connectivity index (χ3n) is 1.86. The van der Waals surface area contributed by atoms with E-state index in [4.69, 9.17) is 5.26 Å². The van der Waals surface area contributed by atoms with Crippen molar-refractivity contribution in [2.24, 2.45) is 4.99 Å². The summed E-state index contributed by atoms with van der Waals surface area (Å²) in [5.74, 6) is 0.305. The average molecular weight is 233 g/mol. The number of nitrogens with zero attached hydrogens (tertiary/aromatic N) is 2. The van der Waals surface area contributed by atoms with Gasteiger partial charge in [-0.15, -0.1) is 0 Å². The number of thioether (sulfide) groups is 1. The summed E-state index contributed by atoms with van der Waals surface area (Å²) in [7, 11) is -2.89. The minimum Gasteiger partial charge on any atom is -0.272 e. The molecule has 0 aromatic heterocycles. The van der Waals surface area contributed by atoms with Crippen LogP contribution in [-0.2, 0) is 9.84 Å². The first-order chi connectivity index (χ1) is 6.57. The fourth-order valence-electron chi connectivity index (χ4n) is 1.23. The quantitative estimate of drug-likeness (QED) is 0.297. The normalized spacial score (nSPS) is 25.7. The molecule has 14 heavy (non-hydrogen) atoms. The molecular weight excluding hydrogens is 222 g/mol. The van der Waals surface area contributed by atoms with Gasteiger partial charge in [0.15, 0.2) is 21.2 Å². The van der Waals surface area contributed by atoms with E-state index in [1.165, 1.54) is 11.8 Å². The summed E-state index contributed by atoms with van der Waals surface area (Å²) in [4.78, 5) is 4.15. The molecule has 1 saturated heterocycles. The molecule has 0 bridgehead atoms. The molecular formula is C7H11N3O2S2. The Labute approximate surface area is 87.5 Å². The monoisotopic (exact) mass is 233 g/mol. The van der Waals surface area contributed by atoms with Crippen LogP contribution in [0.5, 0.6) is 0 Å². The lowest BCUT2D eigenvalue weighted by Crippen LogP contribution is -2.18. The number of hydrogen-bond donors (Lipinski definition) is 1. The smallest absolute Gasteiger partial charge is 0.183 e. The maximum atomic E-state index is 11.1. The van der Waals surface area contributed by atoms with Crippen LogP contribution in [0.1, 0.15) is 6.42 Å². The van der Waals surface area contributed by atoms with E-state index in [0.29, 0.717) is 11.6 Å². The average Bonchev–Trinajstić information content (AvgIpc) is 2.45. The second kappa shape index (κ2) is 4.66. The molecule has 1 aliphatic heterocycles. The van der Waals surface area contributed by atoms with Crippen LogP contribution in [0.15, 0.2) is 4.99 Å². The molecule has 1 aliphatic rings. The van der Waals surface area contributed by atoms with Crippen molar-refractivity contribution in [2.75, 3.05) is 17.8 Å². The van der Waals surface area contributed by atoms with Gasteiger partial charge in [0, 0.05) is 0 Å². The van der Waals surface area contributed by atoms with Crippen LogP contribution >= 0.6 is 11.8 Å². The number of sulfone groups is 1. The number of aliphatic imine (C=N–C) groups is 1. The molecule has 1 heterocycles. The maximum Gasteiger partial charge on any atom is 0.183 e. The second-order valence-electron chi connectivity index (χ2n) is 2.93. The van der Waals surface area contributed by atoms with Gasteiger partial charge in [-0.2, -0.15) is 5.26 Å². The topological polar surface area (TPSA) is 82.3 Å². The minimum atomic E-state index is -2.89. The van der Waals surface area contributed by atoms with Gasteiger partial charge in [-0.25, -0.2) is 8.42 Å². The van der Waals surface area contributed by atoms with Gasteiger partial charge in [0.1, 0.15) is 0 Å². The van der Waals surface area contributed by atoms with E-state index in [9.17, 15) is 8.42 Å². The molecule has 0 saturated carbocycles. The van der Waals surface area contributed by atoms with Gasteiger partial charge >= 0.3 is 0 Å². The number of amidine groups is 1. The Hall–Kier alpha value is -0.740. The highest BCUT2D eigenvalue weighted by atomic mass is 32.2. The first kappa shape index (κ1) is 11.3. The Morgan fingerprint density at radius 1 is 1.71 bits per heavy atom. The summed E-state index contributed by atoms with van der Waals surface area (Å²) < 4.78 is 22.2. The molecule has 5 nitrogen and oxygen atoms in total. The Bertz CT molecular complexity index is 369. The van der Waals surface area contributed by atoms with Crippen molar-refractivity contribution in [3.05, 3.63) is 0 Å². The Morgan fingerprint density at radius 3 is 2.86 bits per heavy atom. The van der Waals surface area contributed by atoms with Gasteiger partial charge in [-0.1, -0.05) is 11.8 Å². The van der Waals surface area contributed by atoms with E-state index in [1.54, 1.807) is 12.4 Å². The first-order valence-electron chi connectivity index (χ1n) is 4.04. The summed E-state index contributed by atoms with van der Waals surface area (Å²) in [6.45, 7) is 0. The largest absolute Gasteiger partial charge is 0.272 e. The molecule has 1 N–H and O–H groups in total. The highest BCUT2D eigenvalue weighted by Gasteiger charge is 2.27. The van der Waals surface area contributed by atoms with Crippen molar-refractivity contribution in [3.63, 3.8) is 0 Å². The van der Waals surface area contributed by atoms with Crippen LogP contribution in [0.25, 0.3) is 0 Å². The SMILES string of the molecule is CSC(=NC1CCS(=O)(=O)C1)NC#N. The van der Waals surface area contributed by atoms with Crippen LogP contribution in [0.3, 0.4) is 0 Å². The van der Waals surface area contributed by atoms with Gasteiger partial charge in [0.05, 0.1) is 17.5 Å². The molecule has 0 aromatic rings. The van der Waals surface area contributed by atoms with Gasteiger partial charge in [0.2, 0.25) is 0 Å². The number of hydrogen-bond acceptors (Lipinski definition) is 5. The summed E-state index contributed by atoms with van der Waals surface area (Å²) in [5.41, 5.74) is 0. The van der Waals surface area contributed by atoms with Crippen molar-refractivity contribution in [3.8, 4) is 6.19 Å². The summed E-state index contributed by atoms with van der Waals surface area (Å²) in [6.07, 6.45) is 4.10. The standard InChI is InChI=1S/C7H11N3O2S2/c1-13-7(9-5-8)10-6-2-3-14(11,12)4-6/h6H,2-4H2,1H3,(H,9,10). The van der Waals surface area contributed by atoms with Crippen LogP contribution in [-0.4, -0.2) is 37.4 Å². The second-order valence-corrected chi connectivity index (χ2v) is 5.96. The lowest BCUT2D eigenvalue weighted by atomic mass is 10.3. The van der Waals surface area contributed by atoms with Crippen molar-refractivity contribution < 1.29 is 8.42 Å². The zero-order valence-electron chi connectivity index (χ0n) is 7.73. The highest BCUT2D eigenvalue weighted by molar-refractivity contribution is 8.13. The Morgan fingerprint density at radius 2 is 2.43 bits per heavy atom. The van der Waals surface area contributed by atoms with Crippen molar-refractivity contribution in [2.45, 2.75) is 12.5 Å².